The molecule has 11 heteroatoms. The van der Waals surface area contributed by atoms with Gasteiger partial charge in [0.2, 0.25) is 5.82 Å². The fraction of sp³-hybridized carbons (Fsp3) is 0.556. The third kappa shape index (κ3) is 5.37. The maximum absolute atomic E-state index is 12.3. The highest BCUT2D eigenvalue weighted by molar-refractivity contribution is 8.32. The van der Waals surface area contributed by atoms with Crippen LogP contribution in [-0.4, -0.2) is 76.6 Å². The van der Waals surface area contributed by atoms with Gasteiger partial charge in [0, 0.05) is 18.8 Å². The maximum Gasteiger partial charge on any atom is 0.425 e. The number of oxazole rings is 1. The topological polar surface area (TPSA) is 120 Å². The highest BCUT2D eigenvalue weighted by Crippen LogP contribution is 2.34. The predicted octanol–water partition coefficient (Wildman–Crippen LogP) is 0.539. The first kappa shape index (κ1) is 21.3. The van der Waals surface area contributed by atoms with Crippen molar-refractivity contribution in [2.24, 2.45) is 0 Å². The molecule has 0 unspecified atom stereocenters. The summed E-state index contributed by atoms with van der Waals surface area (Å²) in [5, 5.41) is 8.93. The number of nitrogens with zero attached hydrogens (tertiary/aromatic N) is 4. The lowest BCUT2D eigenvalue weighted by atomic mass is 10.3. The molecule has 0 aromatic carbocycles. The zero-order chi connectivity index (χ0) is 21.0. The van der Waals surface area contributed by atoms with E-state index in [9.17, 15) is 9.59 Å². The number of aliphatic hydroxyl groups excluding tert-OH is 1. The van der Waals surface area contributed by atoms with E-state index in [0.29, 0.717) is 25.2 Å². The largest absolute Gasteiger partial charge is 0.465 e. The van der Waals surface area contributed by atoms with Crippen molar-refractivity contribution in [2.45, 2.75) is 12.8 Å². The lowest BCUT2D eigenvalue weighted by molar-refractivity contribution is -0.122. The molecule has 1 aliphatic heterocycles. The first-order valence-corrected chi connectivity index (χ1v) is 12.2. The van der Waals surface area contributed by atoms with Gasteiger partial charge in [-0.05, 0) is 25.2 Å². The number of aryl methyl sites for hydroxylation is 1. The molecule has 1 aliphatic rings. The summed E-state index contributed by atoms with van der Waals surface area (Å²) in [6.07, 6.45) is 10.4. The molecule has 160 valence electrons. The van der Waals surface area contributed by atoms with Gasteiger partial charge in [-0.15, -0.1) is 0 Å². The van der Waals surface area contributed by atoms with E-state index in [1.165, 1.54) is 21.9 Å². The lowest BCUT2D eigenvalue weighted by Gasteiger charge is -2.29. The van der Waals surface area contributed by atoms with Gasteiger partial charge in [-0.2, -0.15) is 0 Å². The molecule has 3 rings (SSSR count). The van der Waals surface area contributed by atoms with E-state index in [4.69, 9.17) is 19.0 Å². The van der Waals surface area contributed by atoms with Gasteiger partial charge in [-0.3, -0.25) is 9.69 Å². The average molecular weight is 426 g/mol. The van der Waals surface area contributed by atoms with Gasteiger partial charge in [0.1, 0.15) is 12.5 Å². The molecule has 1 amide bonds. The molecule has 2 aromatic heterocycles. The van der Waals surface area contributed by atoms with Crippen LogP contribution in [0.2, 0.25) is 0 Å². The number of hydrogen-bond donors (Lipinski definition) is 1. The number of aliphatic hydroxyl groups is 1. The van der Waals surface area contributed by atoms with Gasteiger partial charge in [-0.25, -0.2) is 29.4 Å². The second-order valence-electron chi connectivity index (χ2n) is 7.46. The molecule has 1 N–H and O–H groups in total. The Balaban J connectivity index is 1.81. The standard InChI is InChI=1S/C18H26N4O6S/c1-29(2,3)8-7-26-12-22-15(24)11-27-17-16(22)20-14(9-19-17)21-10-13(5-4-6-23)28-18(21)25/h9-10,23H,4-8,11-12H2,1-3H3. The number of amides is 1. The van der Waals surface area contributed by atoms with Gasteiger partial charge >= 0.3 is 5.76 Å². The van der Waals surface area contributed by atoms with Gasteiger partial charge in [0.15, 0.2) is 12.4 Å². The molecule has 29 heavy (non-hydrogen) atoms. The van der Waals surface area contributed by atoms with Crippen molar-refractivity contribution in [3.8, 4) is 11.7 Å². The van der Waals surface area contributed by atoms with Crippen LogP contribution in [0.1, 0.15) is 12.2 Å². The molecule has 0 spiro atoms. The van der Waals surface area contributed by atoms with Crippen molar-refractivity contribution in [2.75, 3.05) is 56.0 Å². The van der Waals surface area contributed by atoms with E-state index in [2.05, 4.69) is 28.7 Å². The molecular weight excluding hydrogens is 400 g/mol. The van der Waals surface area contributed by atoms with E-state index in [1.54, 1.807) is 0 Å². The quantitative estimate of drug-likeness (QED) is 0.577. The summed E-state index contributed by atoms with van der Waals surface area (Å²) >= 11 is 0. The van der Waals surface area contributed by atoms with Crippen LogP contribution >= 0.6 is 10.0 Å². The number of ether oxygens (including phenoxy) is 2. The smallest absolute Gasteiger partial charge is 0.425 e. The molecule has 2 aromatic rings. The third-order valence-electron chi connectivity index (χ3n) is 4.17. The summed E-state index contributed by atoms with van der Waals surface area (Å²) in [6, 6.07) is 0. The zero-order valence-electron chi connectivity index (χ0n) is 16.8. The number of fused-ring (bicyclic) bond motifs is 1. The summed E-state index contributed by atoms with van der Waals surface area (Å²) in [6.45, 7) is 0.413. The van der Waals surface area contributed by atoms with E-state index < -0.39 is 15.8 Å². The van der Waals surface area contributed by atoms with Crippen molar-refractivity contribution in [1.29, 1.82) is 0 Å². The molecule has 3 heterocycles. The van der Waals surface area contributed by atoms with Crippen LogP contribution in [0.3, 0.4) is 0 Å². The highest BCUT2D eigenvalue weighted by atomic mass is 32.3. The van der Waals surface area contributed by atoms with Crippen molar-refractivity contribution in [3.05, 3.63) is 28.7 Å². The number of carbonyl (C=O) groups is 1. The Labute approximate surface area is 169 Å². The summed E-state index contributed by atoms with van der Waals surface area (Å²) in [5.74, 6) is 1.05. The number of rotatable bonds is 9. The maximum atomic E-state index is 12.3. The van der Waals surface area contributed by atoms with Crippen LogP contribution in [0, 0.1) is 0 Å². The molecule has 0 fully saturated rings. The number of anilines is 1. The van der Waals surface area contributed by atoms with Crippen LogP contribution in [0.15, 0.2) is 21.6 Å². The van der Waals surface area contributed by atoms with E-state index in [-0.39, 0.29) is 43.4 Å². The zero-order valence-corrected chi connectivity index (χ0v) is 17.6. The Morgan fingerprint density at radius 3 is 2.83 bits per heavy atom. The fourth-order valence-electron chi connectivity index (χ4n) is 2.59. The molecule has 0 saturated heterocycles. The Bertz CT molecular complexity index is 920. The van der Waals surface area contributed by atoms with Crippen LogP contribution < -0.4 is 15.4 Å². The molecule has 0 atom stereocenters. The fourth-order valence-corrected chi connectivity index (χ4v) is 3.21. The summed E-state index contributed by atoms with van der Waals surface area (Å²) in [7, 11) is -0.698. The van der Waals surface area contributed by atoms with E-state index in [0.717, 1.165) is 5.75 Å². The SMILES string of the molecule is CS(C)(C)CCOCN1C(=O)COc2ncc(-n3cc(CCCO)oc3=O)nc21. The van der Waals surface area contributed by atoms with Crippen molar-refractivity contribution >= 4 is 21.8 Å². The van der Waals surface area contributed by atoms with Crippen LogP contribution in [-0.2, 0) is 16.0 Å². The Morgan fingerprint density at radius 2 is 2.10 bits per heavy atom. The van der Waals surface area contributed by atoms with E-state index >= 15 is 0 Å². The minimum atomic E-state index is -0.698. The van der Waals surface area contributed by atoms with Gasteiger partial charge in [0.25, 0.3) is 11.8 Å². The van der Waals surface area contributed by atoms with Crippen molar-refractivity contribution < 1.29 is 23.8 Å². The first-order chi connectivity index (χ1) is 13.8. The minimum absolute atomic E-state index is 0.00133. The van der Waals surface area contributed by atoms with E-state index in [1.807, 2.05) is 0 Å². The van der Waals surface area contributed by atoms with Crippen LogP contribution in [0.4, 0.5) is 5.82 Å². The van der Waals surface area contributed by atoms with Gasteiger partial charge in [-0.1, -0.05) is 0 Å². The molecule has 0 aliphatic carbocycles. The molecule has 10 nitrogen and oxygen atoms in total. The highest BCUT2D eigenvalue weighted by Gasteiger charge is 2.29. The third-order valence-corrected chi connectivity index (χ3v) is 5.57. The lowest BCUT2D eigenvalue weighted by Crippen LogP contribution is -2.41. The minimum Gasteiger partial charge on any atom is -0.465 e. The number of hydrogen-bond acceptors (Lipinski definition) is 8. The molecule has 0 bridgehead atoms. The Hall–Kier alpha value is -2.37. The van der Waals surface area contributed by atoms with Crippen molar-refractivity contribution in [1.82, 2.24) is 14.5 Å². The van der Waals surface area contributed by atoms with Gasteiger partial charge in [0.05, 0.1) is 19.0 Å². The Kier molecular flexibility index (Phi) is 6.60. The molecular formula is C18H26N4O6S. The Morgan fingerprint density at radius 1 is 1.31 bits per heavy atom. The van der Waals surface area contributed by atoms with Crippen LogP contribution in [0.5, 0.6) is 5.88 Å². The normalized spacial score (nSPS) is 14.6. The van der Waals surface area contributed by atoms with Gasteiger partial charge < -0.3 is 19.0 Å². The summed E-state index contributed by atoms with van der Waals surface area (Å²) < 4.78 is 17.4. The van der Waals surface area contributed by atoms with Crippen molar-refractivity contribution in [3.63, 3.8) is 0 Å². The predicted molar refractivity (Wildman–Crippen MR) is 109 cm³/mol. The molecule has 0 radical (unpaired) electrons. The summed E-state index contributed by atoms with van der Waals surface area (Å²) in [4.78, 5) is 34.4. The monoisotopic (exact) mass is 426 g/mol. The number of aromatic nitrogens is 3. The number of carbonyl (C=O) groups excluding carboxylic acids is 1. The second kappa shape index (κ2) is 8.97. The second-order valence-corrected chi connectivity index (χ2v) is 12.0. The van der Waals surface area contributed by atoms with Crippen LogP contribution in [0.25, 0.3) is 5.82 Å². The molecule has 0 saturated carbocycles. The average Bonchev–Trinajstić information content (AvgIpc) is 3.04. The first-order valence-electron chi connectivity index (χ1n) is 9.15. The summed E-state index contributed by atoms with van der Waals surface area (Å²) in [5.41, 5.74) is 0.